The van der Waals surface area contributed by atoms with E-state index >= 15 is 0 Å². The van der Waals surface area contributed by atoms with Crippen LogP contribution in [0.5, 0.6) is 5.75 Å². The third-order valence-electron chi connectivity index (χ3n) is 7.04. The summed E-state index contributed by atoms with van der Waals surface area (Å²) in [5.74, 6) is -2.70. The number of benzene rings is 4. The largest absolute Gasteiger partial charge is 0.505 e. The number of sulfone groups is 1. The second kappa shape index (κ2) is 15.5. The number of fused-ring (bicyclic) bond motifs is 1. The van der Waals surface area contributed by atoms with E-state index in [4.69, 9.17) is 16.2 Å². The minimum atomic E-state index is -5.39. The zero-order valence-electron chi connectivity index (χ0n) is 27.1. The van der Waals surface area contributed by atoms with Crippen molar-refractivity contribution in [3.63, 3.8) is 0 Å². The molecule has 7 N–H and O–H groups in total. The summed E-state index contributed by atoms with van der Waals surface area (Å²) in [5.41, 5.74) is -1.76. The summed E-state index contributed by atoms with van der Waals surface area (Å²) < 4.78 is 162. The molecule has 0 aliphatic rings. The first-order chi connectivity index (χ1) is 25.8. The second-order valence-electron chi connectivity index (χ2n) is 10.8. The Morgan fingerprint density at radius 2 is 1.27 bits per heavy atom. The molecular formula is C27H22ClN7O16S5. The van der Waals surface area contributed by atoms with Crippen molar-refractivity contribution >= 4 is 108 Å². The van der Waals surface area contributed by atoms with Gasteiger partial charge in [-0.1, -0.05) is 12.1 Å². The predicted octanol–water partition coefficient (Wildman–Crippen LogP) is 3.62. The number of aromatic hydroxyl groups is 1. The zero-order chi connectivity index (χ0) is 41.4. The predicted molar refractivity (Wildman–Crippen MR) is 193 cm³/mol. The first-order valence-corrected chi connectivity index (χ1v) is 22.2. The van der Waals surface area contributed by atoms with Gasteiger partial charge in [0.05, 0.1) is 28.3 Å². The summed E-state index contributed by atoms with van der Waals surface area (Å²) in [4.78, 5) is 8.63. The molecule has 4 aromatic carbocycles. The minimum Gasteiger partial charge on any atom is -0.505 e. The maximum Gasteiger partial charge on any atom is 0.397 e. The standard InChI is InChI=1S/C27H22ClN7O16S5/c28-25-31-26(29-14-5-7-15(8-6-14)52(37,38)12-11-51-56(48,49)50)33-27(32-25)30-18-9-10-19(53(39,40)41)16-13-21(55(45,46)47)23(24(36)22(16)18)35-34-17-3-1-2-4-20(17)54(42,43)44/h1-10,13,36H,11-12H2,(H,39,40,41)(H,42,43,44)(H,45,46,47)(H,48,49,50)(H2,29,30,31,32,33). The van der Waals surface area contributed by atoms with E-state index in [1.807, 2.05) is 0 Å². The van der Waals surface area contributed by atoms with Crippen molar-refractivity contribution in [3.8, 4) is 5.75 Å². The van der Waals surface area contributed by atoms with Gasteiger partial charge in [0.15, 0.2) is 15.6 Å². The van der Waals surface area contributed by atoms with Crippen molar-refractivity contribution in [1.29, 1.82) is 0 Å². The third-order valence-corrected chi connectivity index (χ3v) is 12.0. The number of nitrogens with zero attached hydrogens (tertiary/aromatic N) is 5. The quantitative estimate of drug-likeness (QED) is 0.0618. The highest BCUT2D eigenvalue weighted by molar-refractivity contribution is 7.91. The van der Waals surface area contributed by atoms with Crippen molar-refractivity contribution < 1.29 is 69.6 Å². The van der Waals surface area contributed by atoms with Gasteiger partial charge < -0.3 is 15.7 Å². The van der Waals surface area contributed by atoms with Crippen molar-refractivity contribution in [2.45, 2.75) is 19.6 Å². The molecule has 56 heavy (non-hydrogen) atoms. The molecule has 0 radical (unpaired) electrons. The van der Waals surface area contributed by atoms with Gasteiger partial charge in [-0.05, 0) is 66.2 Å². The Balaban J connectivity index is 1.57. The molecule has 29 heteroatoms. The molecule has 0 amide bonds. The van der Waals surface area contributed by atoms with E-state index in [9.17, 15) is 60.9 Å². The molecule has 0 fully saturated rings. The topological polar surface area (TPSA) is 369 Å². The molecule has 0 saturated heterocycles. The lowest BCUT2D eigenvalue weighted by Gasteiger charge is -2.16. The van der Waals surface area contributed by atoms with Crippen LogP contribution in [0.2, 0.25) is 5.28 Å². The summed E-state index contributed by atoms with van der Waals surface area (Å²) in [6.45, 7) is -0.857. The lowest BCUT2D eigenvalue weighted by Crippen LogP contribution is -2.15. The van der Waals surface area contributed by atoms with Crippen molar-refractivity contribution in [3.05, 3.63) is 72.0 Å². The number of nitrogens with one attached hydrogen (secondary N) is 2. The maximum absolute atomic E-state index is 12.5. The van der Waals surface area contributed by atoms with E-state index < -0.39 is 117 Å². The Kier molecular flexibility index (Phi) is 11.7. The molecule has 0 atom stereocenters. The van der Waals surface area contributed by atoms with E-state index in [0.717, 1.165) is 36.4 Å². The monoisotopic (exact) mass is 895 g/mol. The number of rotatable bonds is 14. The van der Waals surface area contributed by atoms with Crippen LogP contribution in [-0.2, 0) is 54.8 Å². The first kappa shape index (κ1) is 42.1. The molecule has 0 bridgehead atoms. The smallest absolute Gasteiger partial charge is 0.397 e. The van der Waals surface area contributed by atoms with Gasteiger partial charge in [0.1, 0.15) is 26.1 Å². The molecule has 1 aromatic heterocycles. The number of phenolic OH excluding ortho intramolecular Hbond substituents is 1. The molecule has 0 aliphatic carbocycles. The van der Waals surface area contributed by atoms with Gasteiger partial charge in [-0.2, -0.15) is 48.6 Å². The maximum atomic E-state index is 12.5. The van der Waals surface area contributed by atoms with Crippen LogP contribution >= 0.6 is 11.6 Å². The Bertz CT molecular complexity index is 2990. The lowest BCUT2D eigenvalue weighted by molar-refractivity contribution is 0.284. The van der Waals surface area contributed by atoms with Crippen molar-refractivity contribution in [2.24, 2.45) is 10.2 Å². The van der Waals surface area contributed by atoms with Crippen molar-refractivity contribution in [1.82, 2.24) is 15.0 Å². The molecular weight excluding hydrogens is 874 g/mol. The molecule has 0 unspecified atom stereocenters. The molecule has 0 aliphatic heterocycles. The Morgan fingerprint density at radius 1 is 0.679 bits per heavy atom. The zero-order valence-corrected chi connectivity index (χ0v) is 32.0. The first-order valence-electron chi connectivity index (χ1n) is 14.5. The summed E-state index contributed by atoms with van der Waals surface area (Å²) in [5, 5.41) is 22.2. The van der Waals surface area contributed by atoms with Crippen LogP contribution in [0.15, 0.2) is 96.5 Å². The van der Waals surface area contributed by atoms with Crippen LogP contribution in [0.25, 0.3) is 10.8 Å². The molecule has 1 heterocycles. The molecule has 5 aromatic rings. The third kappa shape index (κ3) is 10.0. The fourth-order valence-electron chi connectivity index (χ4n) is 4.74. The summed E-state index contributed by atoms with van der Waals surface area (Å²) in [6, 6.07) is 11.5. The van der Waals surface area contributed by atoms with E-state index in [-0.39, 0.29) is 22.2 Å². The summed E-state index contributed by atoms with van der Waals surface area (Å²) in [6.07, 6.45) is 0. The van der Waals surface area contributed by atoms with Crippen LogP contribution in [0.3, 0.4) is 0 Å². The number of hydrogen-bond acceptors (Lipinski definition) is 19. The Hall–Kier alpha value is -5.01. The average molecular weight is 896 g/mol. The van der Waals surface area contributed by atoms with Crippen LogP contribution in [0.4, 0.5) is 34.6 Å². The van der Waals surface area contributed by atoms with Crippen LogP contribution in [0.1, 0.15) is 0 Å². The van der Waals surface area contributed by atoms with Gasteiger partial charge in [-0.3, -0.25) is 18.2 Å². The number of aromatic nitrogens is 3. The van der Waals surface area contributed by atoms with Gasteiger partial charge in [0, 0.05) is 11.1 Å². The SMILES string of the molecule is O=S(=O)(O)OCCS(=O)(=O)c1ccc(Nc2nc(Cl)nc(Nc3ccc(S(=O)(=O)O)c4cc(S(=O)(=O)O)c(N=Nc5ccccc5S(=O)(=O)O)c(O)c34)n2)cc1. The molecule has 0 spiro atoms. The molecule has 298 valence electrons. The summed E-state index contributed by atoms with van der Waals surface area (Å²) in [7, 11) is -24.4. The van der Waals surface area contributed by atoms with Crippen LogP contribution in [0, 0.1) is 0 Å². The number of hydrogen-bond donors (Lipinski definition) is 7. The lowest BCUT2D eigenvalue weighted by atomic mass is 10.1. The van der Waals surface area contributed by atoms with Crippen LogP contribution in [-0.4, -0.2) is 92.7 Å². The van der Waals surface area contributed by atoms with Gasteiger partial charge in [-0.25, -0.2) is 12.6 Å². The fraction of sp³-hybridized carbons (Fsp3) is 0.0741. The van der Waals surface area contributed by atoms with E-state index in [1.54, 1.807) is 0 Å². The highest BCUT2D eigenvalue weighted by atomic mass is 35.5. The highest BCUT2D eigenvalue weighted by Crippen LogP contribution is 2.46. The van der Waals surface area contributed by atoms with Gasteiger partial charge in [0.25, 0.3) is 30.4 Å². The second-order valence-corrected chi connectivity index (χ2v) is 18.5. The Morgan fingerprint density at radius 3 is 1.86 bits per heavy atom. The van der Waals surface area contributed by atoms with E-state index in [1.165, 1.54) is 24.3 Å². The molecule has 5 rings (SSSR count). The number of anilines is 4. The van der Waals surface area contributed by atoms with E-state index in [0.29, 0.717) is 6.07 Å². The van der Waals surface area contributed by atoms with E-state index in [2.05, 4.69) is 40.0 Å². The normalized spacial score (nSPS) is 12.9. The minimum absolute atomic E-state index is 0.176. The van der Waals surface area contributed by atoms with Crippen LogP contribution < -0.4 is 10.6 Å². The Labute approximate surface area is 321 Å². The number of halogens is 1. The molecule has 0 saturated carbocycles. The average Bonchev–Trinajstić information content (AvgIpc) is 3.06. The summed E-state index contributed by atoms with van der Waals surface area (Å²) >= 11 is 6.08. The van der Waals surface area contributed by atoms with Crippen molar-refractivity contribution in [2.75, 3.05) is 23.0 Å². The number of phenols is 1. The van der Waals surface area contributed by atoms with Gasteiger partial charge in [-0.15, -0.1) is 10.2 Å². The fourth-order valence-corrected chi connectivity index (χ4v) is 8.34. The highest BCUT2D eigenvalue weighted by Gasteiger charge is 2.28. The number of azo groups is 1. The molecule has 23 nitrogen and oxygen atoms in total. The van der Waals surface area contributed by atoms with Gasteiger partial charge >= 0.3 is 10.4 Å². The van der Waals surface area contributed by atoms with Gasteiger partial charge in [0.2, 0.25) is 17.2 Å².